The van der Waals surface area contributed by atoms with E-state index in [0.717, 1.165) is 0 Å². The number of pyridine rings is 2. The zero-order valence-corrected chi connectivity index (χ0v) is 24.1. The van der Waals surface area contributed by atoms with Crippen LogP contribution in [0.4, 0.5) is 13.9 Å². The molecule has 0 saturated heterocycles. The van der Waals surface area contributed by atoms with Crippen molar-refractivity contribution in [2.45, 2.75) is 6.42 Å². The van der Waals surface area contributed by atoms with Crippen molar-refractivity contribution in [3.05, 3.63) is 112 Å². The number of methoxy groups -OCH3 is 1. The molecule has 0 saturated carbocycles. The summed E-state index contributed by atoms with van der Waals surface area (Å²) in [6.45, 7) is 0. The highest BCUT2D eigenvalue weighted by Gasteiger charge is 2.21. The standard InChI is InChI=1S/C32H24F2N4O4S/c1-37(2)32-36-26-17-23(30(40)38(31(26)43-32)20-7-5-19(33)6-8-20)27(39)15-18-4-11-29(24(34)14-18)42-28-12-13-35-25-16-21(41-3)9-10-22(25)28/h4-14,16-17H,15H2,1-3H3. The van der Waals surface area contributed by atoms with Gasteiger partial charge in [-0.2, -0.15) is 0 Å². The molecule has 0 aliphatic rings. The predicted octanol–water partition coefficient (Wildman–Crippen LogP) is 6.57. The number of benzene rings is 3. The number of halogens is 2. The average molecular weight is 599 g/mol. The Bertz CT molecular complexity index is 2070. The minimum Gasteiger partial charge on any atom is -0.497 e. The van der Waals surface area contributed by atoms with E-state index < -0.39 is 23.0 Å². The maximum atomic E-state index is 15.2. The number of carbonyl (C=O) groups excluding carboxylic acids is 1. The molecule has 3 aromatic carbocycles. The minimum atomic E-state index is -0.668. The van der Waals surface area contributed by atoms with Gasteiger partial charge in [0, 0.05) is 38.2 Å². The Balaban J connectivity index is 1.31. The molecule has 0 spiro atoms. The van der Waals surface area contributed by atoms with Crippen LogP contribution in [0.25, 0.3) is 26.9 Å². The van der Waals surface area contributed by atoms with Crippen LogP contribution in [0.5, 0.6) is 17.2 Å². The molecule has 6 rings (SSSR count). The lowest BCUT2D eigenvalue weighted by molar-refractivity contribution is 0.0991. The molecule has 0 fully saturated rings. The summed E-state index contributed by atoms with van der Waals surface area (Å²) in [5.41, 5.74) is 1.15. The van der Waals surface area contributed by atoms with E-state index in [9.17, 15) is 14.0 Å². The van der Waals surface area contributed by atoms with Crippen molar-refractivity contribution in [3.8, 4) is 22.9 Å². The van der Waals surface area contributed by atoms with E-state index in [2.05, 4.69) is 9.97 Å². The summed E-state index contributed by atoms with van der Waals surface area (Å²) in [6.07, 6.45) is 1.32. The van der Waals surface area contributed by atoms with Gasteiger partial charge in [0.15, 0.2) is 22.5 Å². The number of hydrogen-bond donors (Lipinski definition) is 0. The third kappa shape index (κ3) is 5.42. The zero-order chi connectivity index (χ0) is 30.2. The lowest BCUT2D eigenvalue weighted by Crippen LogP contribution is -2.26. The third-order valence-corrected chi connectivity index (χ3v) is 8.02. The van der Waals surface area contributed by atoms with Crippen LogP contribution < -0.4 is 19.9 Å². The first-order chi connectivity index (χ1) is 20.7. The smallest absolute Gasteiger partial charge is 0.267 e. The van der Waals surface area contributed by atoms with Crippen molar-refractivity contribution >= 4 is 43.5 Å². The molecule has 0 atom stereocenters. The van der Waals surface area contributed by atoms with E-state index in [4.69, 9.17) is 9.47 Å². The molecule has 0 aliphatic heterocycles. The summed E-state index contributed by atoms with van der Waals surface area (Å²) in [5, 5.41) is 1.31. The Hall–Kier alpha value is -5.16. The van der Waals surface area contributed by atoms with E-state index in [-0.39, 0.29) is 17.7 Å². The fourth-order valence-corrected chi connectivity index (χ4v) is 5.64. The zero-order valence-electron chi connectivity index (χ0n) is 23.3. The van der Waals surface area contributed by atoms with Gasteiger partial charge >= 0.3 is 0 Å². The van der Waals surface area contributed by atoms with Gasteiger partial charge in [-0.3, -0.25) is 19.1 Å². The van der Waals surface area contributed by atoms with Gasteiger partial charge in [-0.15, -0.1) is 0 Å². The Kier molecular flexibility index (Phi) is 7.32. The van der Waals surface area contributed by atoms with Crippen LogP contribution in [0.1, 0.15) is 15.9 Å². The van der Waals surface area contributed by atoms with Crippen molar-refractivity contribution in [2.24, 2.45) is 0 Å². The fourth-order valence-electron chi connectivity index (χ4n) is 4.65. The summed E-state index contributed by atoms with van der Waals surface area (Å²) < 4.78 is 41.3. The molecule has 6 aromatic rings. The Morgan fingerprint density at radius 1 is 0.953 bits per heavy atom. The molecule has 3 heterocycles. The van der Waals surface area contributed by atoms with Crippen molar-refractivity contribution in [1.29, 1.82) is 0 Å². The fraction of sp³-hybridized carbons (Fsp3) is 0.125. The van der Waals surface area contributed by atoms with E-state index in [0.29, 0.717) is 49.1 Å². The molecule has 11 heteroatoms. The minimum absolute atomic E-state index is 0.0294. The van der Waals surface area contributed by atoms with Crippen LogP contribution in [0, 0.1) is 11.6 Å². The summed E-state index contributed by atoms with van der Waals surface area (Å²) in [5.74, 6) is -0.620. The number of anilines is 1. The predicted molar refractivity (Wildman–Crippen MR) is 162 cm³/mol. The summed E-state index contributed by atoms with van der Waals surface area (Å²) >= 11 is 1.28. The van der Waals surface area contributed by atoms with Gasteiger partial charge in [-0.1, -0.05) is 17.4 Å². The van der Waals surface area contributed by atoms with Crippen LogP contribution in [0.2, 0.25) is 0 Å². The summed E-state index contributed by atoms with van der Waals surface area (Å²) in [7, 11) is 5.20. The number of carbonyl (C=O) groups is 1. The van der Waals surface area contributed by atoms with Crippen molar-refractivity contribution < 1.29 is 23.0 Å². The van der Waals surface area contributed by atoms with Crippen LogP contribution in [-0.4, -0.2) is 41.5 Å². The monoisotopic (exact) mass is 598 g/mol. The number of ether oxygens (including phenoxy) is 2. The third-order valence-electron chi connectivity index (χ3n) is 6.80. The van der Waals surface area contributed by atoms with E-state index in [1.165, 1.54) is 58.4 Å². The molecular formula is C32H24F2N4O4S. The molecule has 0 unspecified atom stereocenters. The van der Waals surface area contributed by atoms with Gasteiger partial charge in [0.05, 0.1) is 23.9 Å². The van der Waals surface area contributed by atoms with Crippen molar-refractivity contribution in [2.75, 3.05) is 26.1 Å². The molecular weight excluding hydrogens is 574 g/mol. The van der Waals surface area contributed by atoms with Crippen molar-refractivity contribution in [1.82, 2.24) is 14.5 Å². The van der Waals surface area contributed by atoms with Gasteiger partial charge < -0.3 is 14.4 Å². The molecule has 0 N–H and O–H groups in total. The first kappa shape index (κ1) is 28.0. The summed E-state index contributed by atoms with van der Waals surface area (Å²) in [6, 6.07) is 18.0. The number of ketones is 1. The number of rotatable bonds is 8. The van der Waals surface area contributed by atoms with E-state index in [1.807, 2.05) is 14.1 Å². The first-order valence-electron chi connectivity index (χ1n) is 13.1. The second-order valence-corrected chi connectivity index (χ2v) is 10.9. The lowest BCUT2D eigenvalue weighted by atomic mass is 10.0. The Labute approximate surface area is 248 Å². The van der Waals surface area contributed by atoms with Crippen molar-refractivity contribution in [3.63, 3.8) is 0 Å². The molecule has 8 nitrogen and oxygen atoms in total. The summed E-state index contributed by atoms with van der Waals surface area (Å²) in [4.78, 5) is 38.3. The van der Waals surface area contributed by atoms with Crippen LogP contribution in [0.3, 0.4) is 0 Å². The molecule has 0 aliphatic carbocycles. The number of Topliss-reactive ketones (excluding diaryl/α,β-unsaturated/α-hetero) is 1. The highest BCUT2D eigenvalue weighted by Crippen LogP contribution is 2.33. The largest absolute Gasteiger partial charge is 0.497 e. The normalized spacial score (nSPS) is 11.2. The van der Waals surface area contributed by atoms with Gasteiger partial charge in [-0.25, -0.2) is 13.8 Å². The average Bonchev–Trinajstić information content (AvgIpc) is 3.43. The lowest BCUT2D eigenvalue weighted by Gasteiger charge is -2.12. The molecule has 0 amide bonds. The van der Waals surface area contributed by atoms with Gasteiger partial charge in [0.25, 0.3) is 5.56 Å². The second-order valence-electron chi connectivity index (χ2n) is 9.92. The highest BCUT2D eigenvalue weighted by molar-refractivity contribution is 7.21. The van der Waals surface area contributed by atoms with Gasteiger partial charge in [0.1, 0.15) is 27.7 Å². The Morgan fingerprint density at radius 2 is 1.74 bits per heavy atom. The Morgan fingerprint density at radius 3 is 2.47 bits per heavy atom. The SMILES string of the molecule is COc1ccc2c(Oc3ccc(CC(=O)c4cc5nc(N(C)C)sc5n(-c5ccc(F)cc5)c4=O)cc3F)ccnc2c1. The molecule has 0 radical (unpaired) electrons. The quantitative estimate of drug-likeness (QED) is 0.183. The second kappa shape index (κ2) is 11.3. The molecule has 3 aromatic heterocycles. The number of fused-ring (bicyclic) bond motifs is 2. The van der Waals surface area contributed by atoms with Crippen LogP contribution in [0.15, 0.2) is 83.8 Å². The topological polar surface area (TPSA) is 86.5 Å². The highest BCUT2D eigenvalue weighted by atomic mass is 32.1. The number of aromatic nitrogens is 3. The molecule has 0 bridgehead atoms. The van der Waals surface area contributed by atoms with Crippen LogP contribution in [-0.2, 0) is 6.42 Å². The number of hydrogen-bond acceptors (Lipinski definition) is 8. The maximum absolute atomic E-state index is 15.2. The van der Waals surface area contributed by atoms with Crippen LogP contribution >= 0.6 is 11.3 Å². The number of nitrogens with zero attached hydrogens (tertiary/aromatic N) is 4. The maximum Gasteiger partial charge on any atom is 0.267 e. The van der Waals surface area contributed by atoms with Gasteiger partial charge in [-0.05, 0) is 66.2 Å². The molecule has 216 valence electrons. The van der Waals surface area contributed by atoms with E-state index >= 15 is 4.39 Å². The number of thiazole rings is 1. The van der Waals surface area contributed by atoms with E-state index in [1.54, 1.807) is 48.5 Å². The molecule has 43 heavy (non-hydrogen) atoms. The first-order valence-corrected chi connectivity index (χ1v) is 14.0. The van der Waals surface area contributed by atoms with Gasteiger partial charge in [0.2, 0.25) is 0 Å².